The molecule has 2 aromatic rings. The molecule has 0 spiro atoms. The molecule has 3 rings (SSSR count). The molecule has 1 aliphatic heterocycles. The van der Waals surface area contributed by atoms with Gasteiger partial charge in [0.25, 0.3) is 11.7 Å². The monoisotopic (exact) mass is 407 g/mol. The fourth-order valence-electron chi connectivity index (χ4n) is 2.98. The van der Waals surface area contributed by atoms with E-state index >= 15 is 0 Å². The van der Waals surface area contributed by atoms with Crippen LogP contribution in [-0.2, 0) is 14.3 Å². The summed E-state index contributed by atoms with van der Waals surface area (Å²) in [6.45, 7) is 1.85. The average Bonchev–Trinajstić information content (AvgIpc) is 2.90. The lowest BCUT2D eigenvalue weighted by Crippen LogP contribution is -2.32. The van der Waals surface area contributed by atoms with E-state index in [2.05, 4.69) is 4.74 Å². The standard InChI is InChI=1S/C20H16F3NO5/c1-2-28-17(25)9-10-24-16-11-13(5-8-15(16)18(26)19(24)27)12-3-6-14(7-4-12)29-20(21,22)23/h3-8,11H,2,9-10H2,1H3. The smallest absolute Gasteiger partial charge is 0.466 e. The van der Waals surface area contributed by atoms with Gasteiger partial charge in [-0.3, -0.25) is 14.4 Å². The number of esters is 1. The van der Waals surface area contributed by atoms with Gasteiger partial charge in [0.2, 0.25) is 0 Å². The predicted molar refractivity (Wildman–Crippen MR) is 96.5 cm³/mol. The summed E-state index contributed by atoms with van der Waals surface area (Å²) in [7, 11) is 0. The molecule has 2 aromatic carbocycles. The largest absolute Gasteiger partial charge is 0.573 e. The Balaban J connectivity index is 1.85. The minimum Gasteiger partial charge on any atom is -0.466 e. The highest BCUT2D eigenvalue weighted by Crippen LogP contribution is 2.34. The third-order valence-corrected chi connectivity index (χ3v) is 4.24. The highest BCUT2D eigenvalue weighted by atomic mass is 19.4. The molecule has 0 N–H and O–H groups in total. The Hall–Kier alpha value is -3.36. The SMILES string of the molecule is CCOC(=O)CCN1C(=O)C(=O)c2ccc(-c3ccc(OC(F)(F)F)cc3)cc21. The normalized spacial score (nSPS) is 13.4. The summed E-state index contributed by atoms with van der Waals surface area (Å²) < 4.78 is 45.5. The molecule has 1 aliphatic rings. The van der Waals surface area contributed by atoms with Crippen molar-refractivity contribution >= 4 is 23.3 Å². The van der Waals surface area contributed by atoms with E-state index < -0.39 is 24.0 Å². The van der Waals surface area contributed by atoms with Crippen LogP contribution < -0.4 is 9.64 Å². The Kier molecular flexibility index (Phi) is 5.58. The first-order chi connectivity index (χ1) is 13.7. The van der Waals surface area contributed by atoms with Gasteiger partial charge in [-0.15, -0.1) is 13.2 Å². The van der Waals surface area contributed by atoms with Gasteiger partial charge >= 0.3 is 12.3 Å². The van der Waals surface area contributed by atoms with Crippen LogP contribution in [0.3, 0.4) is 0 Å². The van der Waals surface area contributed by atoms with Crippen LogP contribution in [-0.4, -0.2) is 37.2 Å². The fraction of sp³-hybridized carbons (Fsp3) is 0.250. The zero-order valence-electron chi connectivity index (χ0n) is 15.3. The molecule has 0 unspecified atom stereocenters. The van der Waals surface area contributed by atoms with E-state index in [0.717, 1.165) is 0 Å². The maximum atomic E-state index is 12.3. The van der Waals surface area contributed by atoms with Gasteiger partial charge in [-0.25, -0.2) is 0 Å². The molecule has 0 aliphatic carbocycles. The summed E-state index contributed by atoms with van der Waals surface area (Å²) in [5.41, 5.74) is 1.71. The van der Waals surface area contributed by atoms with Gasteiger partial charge in [-0.2, -0.15) is 0 Å². The number of hydrogen-bond acceptors (Lipinski definition) is 5. The summed E-state index contributed by atoms with van der Waals surface area (Å²) in [6, 6.07) is 9.88. The minimum absolute atomic E-state index is 0.0157. The van der Waals surface area contributed by atoms with Crippen LogP contribution in [0.4, 0.5) is 18.9 Å². The summed E-state index contributed by atoms with van der Waals surface area (Å²) in [6.07, 6.45) is -4.85. The molecule has 1 amide bonds. The maximum absolute atomic E-state index is 12.3. The van der Waals surface area contributed by atoms with Crippen LogP contribution in [0.2, 0.25) is 0 Å². The lowest BCUT2D eigenvalue weighted by atomic mass is 10.0. The fourth-order valence-corrected chi connectivity index (χ4v) is 2.98. The molecule has 0 aromatic heterocycles. The number of ketones is 1. The highest BCUT2D eigenvalue weighted by Gasteiger charge is 2.36. The lowest BCUT2D eigenvalue weighted by molar-refractivity contribution is -0.274. The van der Waals surface area contributed by atoms with Gasteiger partial charge in [0.1, 0.15) is 5.75 Å². The van der Waals surface area contributed by atoms with Crippen LogP contribution >= 0.6 is 0 Å². The van der Waals surface area contributed by atoms with Crippen molar-refractivity contribution in [2.24, 2.45) is 0 Å². The Morgan fingerprint density at radius 2 is 1.69 bits per heavy atom. The van der Waals surface area contributed by atoms with Crippen molar-refractivity contribution < 1.29 is 37.0 Å². The van der Waals surface area contributed by atoms with Crippen molar-refractivity contribution in [3.05, 3.63) is 48.0 Å². The number of amides is 1. The minimum atomic E-state index is -4.78. The molecule has 1 heterocycles. The second kappa shape index (κ2) is 7.94. The second-order valence-electron chi connectivity index (χ2n) is 6.15. The molecule has 0 atom stereocenters. The Labute approximate surface area is 163 Å². The molecule has 0 fully saturated rings. The number of ether oxygens (including phenoxy) is 2. The van der Waals surface area contributed by atoms with Crippen molar-refractivity contribution in [3.63, 3.8) is 0 Å². The van der Waals surface area contributed by atoms with Crippen molar-refractivity contribution in [1.29, 1.82) is 0 Å². The van der Waals surface area contributed by atoms with E-state index in [1.807, 2.05) is 0 Å². The number of fused-ring (bicyclic) bond motifs is 1. The van der Waals surface area contributed by atoms with Crippen LogP contribution in [0.1, 0.15) is 23.7 Å². The topological polar surface area (TPSA) is 72.9 Å². The van der Waals surface area contributed by atoms with Gasteiger partial charge in [0.15, 0.2) is 0 Å². The Morgan fingerprint density at radius 3 is 2.31 bits per heavy atom. The first-order valence-corrected chi connectivity index (χ1v) is 8.71. The van der Waals surface area contributed by atoms with E-state index in [9.17, 15) is 27.6 Å². The number of rotatable bonds is 6. The van der Waals surface area contributed by atoms with E-state index in [4.69, 9.17) is 4.74 Å². The van der Waals surface area contributed by atoms with Gasteiger partial charge in [0, 0.05) is 6.54 Å². The molecule has 6 nitrogen and oxygen atoms in total. The molecule has 0 saturated carbocycles. The van der Waals surface area contributed by atoms with Gasteiger partial charge < -0.3 is 14.4 Å². The molecule has 0 saturated heterocycles. The molecule has 29 heavy (non-hydrogen) atoms. The van der Waals surface area contributed by atoms with Crippen molar-refractivity contribution in [3.8, 4) is 16.9 Å². The average molecular weight is 407 g/mol. The van der Waals surface area contributed by atoms with Crippen LogP contribution in [0.15, 0.2) is 42.5 Å². The number of hydrogen-bond donors (Lipinski definition) is 0. The zero-order chi connectivity index (χ0) is 21.2. The van der Waals surface area contributed by atoms with Crippen molar-refractivity contribution in [2.75, 3.05) is 18.1 Å². The van der Waals surface area contributed by atoms with E-state index in [-0.39, 0.29) is 30.9 Å². The summed E-state index contributed by atoms with van der Waals surface area (Å²) in [5, 5.41) is 0. The molecule has 9 heteroatoms. The van der Waals surface area contributed by atoms with Crippen molar-refractivity contribution in [1.82, 2.24) is 0 Å². The molecular weight excluding hydrogens is 391 g/mol. The molecule has 152 valence electrons. The van der Waals surface area contributed by atoms with Crippen LogP contribution in [0, 0.1) is 0 Å². The van der Waals surface area contributed by atoms with E-state index in [0.29, 0.717) is 16.8 Å². The number of Topliss-reactive ketones (excluding diaryl/α,β-unsaturated/α-hetero) is 1. The number of alkyl halides is 3. The van der Waals surface area contributed by atoms with Gasteiger partial charge in [-0.05, 0) is 42.3 Å². The highest BCUT2D eigenvalue weighted by molar-refractivity contribution is 6.52. The number of benzene rings is 2. The number of halogens is 3. The molecule has 0 bridgehead atoms. The third kappa shape index (κ3) is 4.56. The quantitative estimate of drug-likeness (QED) is 0.539. The Morgan fingerprint density at radius 1 is 1.03 bits per heavy atom. The van der Waals surface area contributed by atoms with E-state index in [1.54, 1.807) is 19.1 Å². The van der Waals surface area contributed by atoms with Crippen LogP contribution in [0.25, 0.3) is 11.1 Å². The summed E-state index contributed by atoms with van der Waals surface area (Å²) >= 11 is 0. The molecular formula is C20H16F3NO5. The number of nitrogens with zero attached hydrogens (tertiary/aromatic N) is 1. The van der Waals surface area contributed by atoms with Crippen molar-refractivity contribution in [2.45, 2.75) is 19.7 Å². The first kappa shape index (κ1) is 20.4. The third-order valence-electron chi connectivity index (χ3n) is 4.24. The predicted octanol–water partition coefficient (Wildman–Crippen LogP) is 3.73. The lowest BCUT2D eigenvalue weighted by Gasteiger charge is -2.17. The summed E-state index contributed by atoms with van der Waals surface area (Å²) in [4.78, 5) is 37.2. The number of carbonyl (C=O) groups excluding carboxylic acids is 3. The zero-order valence-corrected chi connectivity index (χ0v) is 15.3. The second-order valence-corrected chi connectivity index (χ2v) is 6.15. The maximum Gasteiger partial charge on any atom is 0.573 e. The van der Waals surface area contributed by atoms with E-state index in [1.165, 1.54) is 35.2 Å². The summed E-state index contributed by atoms with van der Waals surface area (Å²) in [5.74, 6) is -2.26. The first-order valence-electron chi connectivity index (χ1n) is 8.71. The molecule has 0 radical (unpaired) electrons. The van der Waals surface area contributed by atoms with Crippen LogP contribution in [0.5, 0.6) is 5.75 Å². The van der Waals surface area contributed by atoms with Gasteiger partial charge in [0.05, 0.1) is 24.3 Å². The number of anilines is 1. The number of carbonyl (C=O) groups is 3. The van der Waals surface area contributed by atoms with Gasteiger partial charge in [-0.1, -0.05) is 18.2 Å². The Bertz CT molecular complexity index is 954.